The largest absolute Gasteiger partial charge is 0.484 e. The Morgan fingerprint density at radius 2 is 0.671 bits per heavy atom. The van der Waals surface area contributed by atoms with E-state index in [4.69, 9.17) is 58.5 Å². The van der Waals surface area contributed by atoms with E-state index >= 15 is 0 Å². The van der Waals surface area contributed by atoms with Crippen LogP contribution in [0.5, 0.6) is 40.2 Å². The molecule has 15 aliphatic rings. The highest BCUT2D eigenvalue weighted by atomic mass is 35.5. The van der Waals surface area contributed by atoms with Crippen molar-refractivity contribution >= 4 is 127 Å². The molecule has 10 bridgehead atoms. The van der Waals surface area contributed by atoms with Crippen LogP contribution in [0.3, 0.4) is 0 Å². The molecule has 0 unspecified atom stereocenters. The number of benzene rings is 5. The number of aryl methyl sites for hydroxylation is 6. The SMILES string of the molecule is Cc1cc(OCC(=O)NC23CC(Nc4nccn5cccc45)(C2)C3)ccc1Cl.Cc1cc2c(NC34CC(NC(=O)COc5ccc(Cl)c(F)c5)(C3)C4)nccn2n1.Cc1cc2c(NC34CC(NC(=O)COc5ccc(OC(F)F)cc5)(C3)C4)nccn2n1.Cc1cc2c(NC34CC(NC(=O)COc5cccc(OC(F)F)c5)(C3)C4)nccn2n1.Cc1nn(C)c2ncnc(NC34CC(NC(=O)COc5ccc(Cl)c(F)c5)(C3)C4)c12. The normalized spacial score (nSPS) is 24.2. The van der Waals surface area contributed by atoms with Gasteiger partial charge in [-0.25, -0.2) is 52.2 Å². The second-order valence-corrected chi connectivity index (χ2v) is 42.1. The van der Waals surface area contributed by atoms with Crippen molar-refractivity contribution in [1.82, 2.24) is 99.5 Å². The molecular weight excluding hydrogens is 2000 g/mol. The highest BCUT2D eigenvalue weighted by molar-refractivity contribution is 6.31. The van der Waals surface area contributed by atoms with Crippen molar-refractivity contribution in [2.45, 2.75) is 200 Å². The predicted octanol–water partition coefficient (Wildman–Crippen LogP) is 15.3. The number of aromatic nitrogens is 15. The van der Waals surface area contributed by atoms with Gasteiger partial charge in [0.15, 0.2) is 62.0 Å². The van der Waals surface area contributed by atoms with Crippen LogP contribution in [0.4, 0.5) is 55.4 Å². The Balaban J connectivity index is 0.000000109. The van der Waals surface area contributed by atoms with E-state index in [1.807, 2.05) is 118 Å². The molecule has 5 amide bonds. The molecule has 30 rings (SSSR count). The van der Waals surface area contributed by atoms with Crippen molar-refractivity contribution in [2.24, 2.45) is 7.05 Å². The van der Waals surface area contributed by atoms with Gasteiger partial charge in [-0.1, -0.05) is 40.9 Å². The smallest absolute Gasteiger partial charge is 0.387 e. The zero-order chi connectivity index (χ0) is 104. The van der Waals surface area contributed by atoms with Crippen LogP contribution in [0, 0.1) is 46.3 Å². The number of rotatable bonds is 34. The number of amides is 5. The summed E-state index contributed by atoms with van der Waals surface area (Å²) >= 11 is 17.3. The maximum atomic E-state index is 13.5. The molecule has 0 radical (unpaired) electrons. The monoisotopic (exact) mass is 2100 g/mol. The van der Waals surface area contributed by atoms with Crippen LogP contribution >= 0.6 is 34.8 Å². The van der Waals surface area contributed by atoms with Gasteiger partial charge in [-0.2, -0.15) is 38.0 Å². The van der Waals surface area contributed by atoms with Gasteiger partial charge in [0.1, 0.15) is 80.6 Å². The summed E-state index contributed by atoms with van der Waals surface area (Å²) in [6.07, 6.45) is 30.4. The summed E-state index contributed by atoms with van der Waals surface area (Å²) in [7, 11) is 1.86. The van der Waals surface area contributed by atoms with Crippen LogP contribution in [-0.4, -0.2) is 204 Å². The number of fused-ring (bicyclic) bond motifs is 5. The first-order chi connectivity index (χ1) is 71.3. The second kappa shape index (κ2) is 38.7. The maximum Gasteiger partial charge on any atom is 0.387 e. The predicted molar refractivity (Wildman–Crippen MR) is 537 cm³/mol. The minimum absolute atomic E-state index is 0.00820. The summed E-state index contributed by atoms with van der Waals surface area (Å²) in [6.45, 7) is 3.20. The maximum absolute atomic E-state index is 13.5. The van der Waals surface area contributed by atoms with E-state index in [1.54, 1.807) is 56.7 Å². The molecular formula is C103H102Cl3F6N25O12. The molecule has 46 heteroatoms. The molecule has 0 aliphatic heterocycles. The highest BCUT2D eigenvalue weighted by Crippen LogP contribution is 2.66. The first-order valence-corrected chi connectivity index (χ1v) is 49.3. The van der Waals surface area contributed by atoms with Gasteiger partial charge >= 0.3 is 13.2 Å². The lowest BCUT2D eigenvalue weighted by Gasteiger charge is -2.70. The molecule has 37 nitrogen and oxygen atoms in total. The lowest BCUT2D eigenvalue weighted by atomic mass is 9.44. The number of carbonyl (C=O) groups is 5. The van der Waals surface area contributed by atoms with Gasteiger partial charge in [0.05, 0.1) is 43.7 Å². The summed E-state index contributed by atoms with van der Waals surface area (Å²) in [4.78, 5) is 88.0. The lowest BCUT2D eigenvalue weighted by molar-refractivity contribution is -0.136. The fraction of sp³-hybridized carbons (Fsp3) is 0.369. The van der Waals surface area contributed by atoms with E-state index in [9.17, 15) is 50.3 Å². The number of ether oxygens (including phenoxy) is 7. The van der Waals surface area contributed by atoms with Crippen molar-refractivity contribution in [3.8, 4) is 40.2 Å². The molecule has 15 aliphatic carbocycles. The molecule has 149 heavy (non-hydrogen) atoms. The van der Waals surface area contributed by atoms with Crippen molar-refractivity contribution in [3.63, 3.8) is 0 Å². The van der Waals surface area contributed by atoms with Gasteiger partial charge in [0, 0.05) is 141 Å². The fourth-order valence-electron chi connectivity index (χ4n) is 23.1. The quantitative estimate of drug-likeness (QED) is 0.0167. The van der Waals surface area contributed by atoms with Gasteiger partial charge in [0.25, 0.3) is 29.5 Å². The molecule has 15 aromatic rings. The van der Waals surface area contributed by atoms with E-state index in [-0.39, 0.29) is 151 Å². The van der Waals surface area contributed by atoms with Crippen molar-refractivity contribution in [2.75, 3.05) is 59.6 Å². The Morgan fingerprint density at radius 1 is 0.342 bits per heavy atom. The van der Waals surface area contributed by atoms with E-state index in [0.717, 1.165) is 187 Å². The van der Waals surface area contributed by atoms with Gasteiger partial charge < -0.3 is 90.7 Å². The van der Waals surface area contributed by atoms with E-state index < -0.39 is 24.9 Å². The molecule has 10 heterocycles. The zero-order valence-corrected chi connectivity index (χ0v) is 83.5. The highest BCUT2D eigenvalue weighted by Gasteiger charge is 2.73. The third kappa shape index (κ3) is 20.9. The Bertz CT molecular complexity index is 7640. The van der Waals surface area contributed by atoms with E-state index in [1.165, 1.54) is 85.2 Å². The summed E-state index contributed by atoms with van der Waals surface area (Å²) in [5, 5.41) is 52.3. The molecule has 774 valence electrons. The second-order valence-electron chi connectivity index (χ2n) is 40.9. The molecule has 5 aromatic carbocycles. The number of hydrogen-bond acceptors (Lipinski definition) is 27. The Kier molecular flexibility index (Phi) is 25.9. The van der Waals surface area contributed by atoms with Crippen LogP contribution in [0.15, 0.2) is 196 Å². The summed E-state index contributed by atoms with van der Waals surface area (Å²) in [5.74, 6) is 3.81. The van der Waals surface area contributed by atoms with Crippen molar-refractivity contribution < 1.29 is 83.5 Å². The zero-order valence-electron chi connectivity index (χ0n) is 81.3. The van der Waals surface area contributed by atoms with E-state index in [2.05, 4.69) is 113 Å². The first-order valence-electron chi connectivity index (χ1n) is 48.1. The standard InChI is InChI=1S/C21H21ClN4O2.2C21H21F2N5O3.C20H20ClFN6O2.C20H19ClFN5O2/c1-14-9-15(4-5-16(14)22)28-10-18(27)24-20-11-21(12-20,13-20)25-19-17-3-2-7-26(17)8-6-23-19;1-13-8-16-18(24-6-7-28(16)27-13)26-21-10-20(11-21,12-21)25-17(29)9-30-14-2-4-15(5-3-14)31-19(22)23;1-13-7-16-18(24-5-6-28(16)27-13)26-21-10-20(11-21,12-21)25-17(29)9-30-14-3-2-4-15(8-14)31-19(22)23;1-11-16-17(23-10-24-18(16)28(2)27-11)26-20-7-19(8-20,9-20)25-15(29)6-30-12-3-4-13(21)14(22)5-12;1-12-6-16-18(23-4-5-27(16)26-12)25-20-9-19(10-20,11-20)24-17(28)8-29-13-2-3-14(21)15(22)7-13/h2-9H,10-13H2,1H3,(H,23,25)(H,24,27);2*2-8,19H,9-12H2,1H3,(H,24,26)(H,25,29);3-5,10H,6-9H2,1-2H3,(H,25,29)(H,23,24,26);2-7H,8-11H2,1H3,(H,23,25)(H,24,28). The Labute approximate surface area is 861 Å². The van der Waals surface area contributed by atoms with Gasteiger partial charge in [-0.05, 0) is 246 Å². The Hall–Kier alpha value is -15.4. The average Bonchev–Trinajstić information content (AvgIpc) is 1.56. The molecule has 10 N–H and O–H groups in total. The molecule has 15 fully saturated rings. The molecule has 0 atom stereocenters. The van der Waals surface area contributed by atoms with E-state index in [0.29, 0.717) is 22.3 Å². The van der Waals surface area contributed by atoms with Gasteiger partial charge in [0.2, 0.25) is 0 Å². The molecule has 10 aromatic heterocycles. The summed E-state index contributed by atoms with van der Waals surface area (Å²) in [6, 6.07) is 35.1. The third-order valence-electron chi connectivity index (χ3n) is 28.7. The topological polar surface area (TPSA) is 422 Å². The number of nitrogens with one attached hydrogen (secondary N) is 10. The van der Waals surface area contributed by atoms with Crippen LogP contribution in [0.2, 0.25) is 15.1 Å². The molecule has 0 saturated heterocycles. The number of nitrogens with zero attached hydrogens (tertiary/aromatic N) is 15. The van der Waals surface area contributed by atoms with Crippen LogP contribution in [0.25, 0.3) is 33.1 Å². The van der Waals surface area contributed by atoms with Crippen LogP contribution < -0.4 is 86.3 Å². The van der Waals surface area contributed by atoms with Crippen LogP contribution in [0.1, 0.15) is 125 Å². The number of hydrogen-bond donors (Lipinski definition) is 10. The number of alkyl halides is 4. The van der Waals surface area contributed by atoms with Gasteiger partial charge in [-0.3, -0.25) is 28.7 Å². The third-order valence-corrected chi connectivity index (χ3v) is 29.8. The number of carbonyl (C=O) groups excluding carboxylic acids is 5. The van der Waals surface area contributed by atoms with Gasteiger partial charge in [-0.15, -0.1) is 0 Å². The molecule has 0 spiro atoms. The van der Waals surface area contributed by atoms with Crippen molar-refractivity contribution in [3.05, 3.63) is 251 Å². The van der Waals surface area contributed by atoms with Crippen molar-refractivity contribution in [1.29, 1.82) is 0 Å². The lowest BCUT2D eigenvalue weighted by Crippen LogP contribution is -2.81. The average molecular weight is 2100 g/mol. The summed E-state index contributed by atoms with van der Waals surface area (Å²) in [5.41, 5.74) is 8.10. The number of halogens is 9. The minimum Gasteiger partial charge on any atom is -0.484 e. The number of anilines is 5. The minimum atomic E-state index is -2.91. The van der Waals surface area contributed by atoms with Crippen LogP contribution in [-0.2, 0) is 31.0 Å². The molecule has 15 saturated carbocycles. The first kappa shape index (κ1) is 99.6. The Morgan fingerprint density at radius 3 is 1.05 bits per heavy atom. The summed E-state index contributed by atoms with van der Waals surface area (Å²) < 4.78 is 121. The fourth-order valence-corrected chi connectivity index (χ4v) is 23.4.